The van der Waals surface area contributed by atoms with E-state index < -0.39 is 5.91 Å². The highest BCUT2D eigenvalue weighted by atomic mass is 19.1. The summed E-state index contributed by atoms with van der Waals surface area (Å²) in [6.45, 7) is 0.914. The number of carbonyl (C=O) groups is 1. The van der Waals surface area contributed by atoms with Crippen LogP contribution < -0.4 is 10.6 Å². The average Bonchev–Trinajstić information content (AvgIpc) is 2.62. The molecule has 0 radical (unpaired) electrons. The highest BCUT2D eigenvalue weighted by Crippen LogP contribution is 2.03. The minimum absolute atomic E-state index is 0.0186. The van der Waals surface area contributed by atoms with Crippen LogP contribution in [0.2, 0.25) is 0 Å². The molecule has 0 atom stereocenters. The molecule has 2 N–H and O–H groups in total. The van der Waals surface area contributed by atoms with E-state index in [1.807, 2.05) is 36.4 Å². The van der Waals surface area contributed by atoms with Gasteiger partial charge in [-0.2, -0.15) is 5.26 Å². The summed E-state index contributed by atoms with van der Waals surface area (Å²) >= 11 is 0. The van der Waals surface area contributed by atoms with Crippen LogP contribution in [0.4, 0.5) is 4.39 Å². The normalized spacial score (nSPS) is 10.8. The first-order valence-electron chi connectivity index (χ1n) is 7.59. The Hall–Kier alpha value is -3.13. The summed E-state index contributed by atoms with van der Waals surface area (Å²) in [4.78, 5) is 12.0. The van der Waals surface area contributed by atoms with E-state index in [1.165, 1.54) is 18.3 Å². The molecular weight excluding hydrogens is 305 g/mol. The monoisotopic (exact) mass is 323 g/mol. The molecule has 0 unspecified atom stereocenters. The Bertz CT molecular complexity index is 733. The lowest BCUT2D eigenvalue weighted by atomic mass is 10.1. The first-order chi connectivity index (χ1) is 11.7. The molecule has 0 saturated carbocycles. The number of hydrogen-bond donors (Lipinski definition) is 2. The number of rotatable bonds is 7. The maximum atomic E-state index is 12.8. The zero-order valence-corrected chi connectivity index (χ0v) is 13.1. The van der Waals surface area contributed by atoms with E-state index >= 15 is 0 Å². The molecule has 1 amide bonds. The number of nitrogens with one attached hydrogen (secondary N) is 2. The lowest BCUT2D eigenvalue weighted by Crippen LogP contribution is -2.25. The molecule has 2 aromatic carbocycles. The second kappa shape index (κ2) is 9.11. The Morgan fingerprint density at radius 2 is 1.79 bits per heavy atom. The van der Waals surface area contributed by atoms with Gasteiger partial charge in [-0.25, -0.2) is 4.39 Å². The van der Waals surface area contributed by atoms with Crippen molar-refractivity contribution in [3.05, 3.63) is 83.3 Å². The molecule has 0 heterocycles. The fraction of sp³-hybridized carbons (Fsp3) is 0.158. The third-order valence-electron chi connectivity index (χ3n) is 3.38. The number of nitriles is 1. The van der Waals surface area contributed by atoms with Crippen LogP contribution in [0, 0.1) is 17.1 Å². The molecule has 5 heteroatoms. The molecule has 2 rings (SSSR count). The third-order valence-corrected chi connectivity index (χ3v) is 3.38. The number of hydrogen-bond acceptors (Lipinski definition) is 3. The molecule has 2 aromatic rings. The van der Waals surface area contributed by atoms with Crippen molar-refractivity contribution < 1.29 is 9.18 Å². The van der Waals surface area contributed by atoms with Gasteiger partial charge < -0.3 is 10.6 Å². The molecule has 122 valence electrons. The summed E-state index contributed by atoms with van der Waals surface area (Å²) in [5.41, 5.74) is 1.96. The minimum atomic E-state index is -0.421. The average molecular weight is 323 g/mol. The van der Waals surface area contributed by atoms with Crippen molar-refractivity contribution in [1.82, 2.24) is 10.6 Å². The first kappa shape index (κ1) is 17.2. The summed E-state index contributed by atoms with van der Waals surface area (Å²) in [7, 11) is 0. The molecule has 0 spiro atoms. The van der Waals surface area contributed by atoms with Crippen molar-refractivity contribution in [3.63, 3.8) is 0 Å². The van der Waals surface area contributed by atoms with Gasteiger partial charge in [0.25, 0.3) is 5.91 Å². The van der Waals surface area contributed by atoms with Crippen molar-refractivity contribution in [2.75, 3.05) is 6.54 Å². The molecular formula is C19H18FN3O. The topological polar surface area (TPSA) is 64.9 Å². The van der Waals surface area contributed by atoms with Crippen molar-refractivity contribution >= 4 is 5.91 Å². The lowest BCUT2D eigenvalue weighted by Gasteiger charge is -2.05. The molecule has 24 heavy (non-hydrogen) atoms. The quantitative estimate of drug-likeness (QED) is 0.468. The lowest BCUT2D eigenvalue weighted by molar-refractivity contribution is -0.117. The summed E-state index contributed by atoms with van der Waals surface area (Å²) in [6, 6.07) is 17.6. The van der Waals surface area contributed by atoms with Gasteiger partial charge in [0, 0.05) is 19.3 Å². The number of halogens is 1. The van der Waals surface area contributed by atoms with Gasteiger partial charge in [0.1, 0.15) is 17.5 Å². The zero-order valence-electron chi connectivity index (χ0n) is 13.1. The zero-order chi connectivity index (χ0) is 17.2. The fourth-order valence-electron chi connectivity index (χ4n) is 2.06. The molecule has 0 fully saturated rings. The van der Waals surface area contributed by atoms with Crippen LogP contribution in [0.5, 0.6) is 0 Å². The number of benzene rings is 2. The second-order valence-electron chi connectivity index (χ2n) is 5.17. The highest BCUT2D eigenvalue weighted by molar-refractivity contribution is 5.97. The van der Waals surface area contributed by atoms with Gasteiger partial charge in [0.15, 0.2) is 0 Å². The van der Waals surface area contributed by atoms with Crippen molar-refractivity contribution in [2.45, 2.75) is 13.0 Å². The van der Waals surface area contributed by atoms with E-state index in [0.29, 0.717) is 19.5 Å². The maximum Gasteiger partial charge on any atom is 0.263 e. The van der Waals surface area contributed by atoms with Gasteiger partial charge >= 0.3 is 0 Å². The van der Waals surface area contributed by atoms with Gasteiger partial charge in [-0.15, -0.1) is 0 Å². The summed E-state index contributed by atoms with van der Waals surface area (Å²) in [5, 5.41) is 14.7. The highest BCUT2D eigenvalue weighted by Gasteiger charge is 2.07. The first-order valence-corrected chi connectivity index (χ1v) is 7.59. The molecule has 0 aliphatic rings. The molecule has 0 saturated heterocycles. The predicted molar refractivity (Wildman–Crippen MR) is 90.1 cm³/mol. The third kappa shape index (κ3) is 5.58. The van der Waals surface area contributed by atoms with E-state index in [0.717, 1.165) is 11.1 Å². The van der Waals surface area contributed by atoms with Gasteiger partial charge in [0.05, 0.1) is 0 Å². The Morgan fingerprint density at radius 1 is 1.08 bits per heavy atom. The van der Waals surface area contributed by atoms with Crippen molar-refractivity contribution in [1.29, 1.82) is 5.26 Å². The Balaban J connectivity index is 1.79. The van der Waals surface area contributed by atoms with E-state index in [1.54, 1.807) is 12.1 Å². The van der Waals surface area contributed by atoms with Crippen LogP contribution in [0.3, 0.4) is 0 Å². The summed E-state index contributed by atoms with van der Waals surface area (Å²) in [6.07, 6.45) is 2.07. The molecule has 0 aromatic heterocycles. The summed E-state index contributed by atoms with van der Waals surface area (Å²) in [5.74, 6) is -0.691. The number of amides is 1. The predicted octanol–water partition coefficient (Wildman–Crippen LogP) is 2.68. The largest absolute Gasteiger partial charge is 0.389 e. The maximum absolute atomic E-state index is 12.8. The number of nitrogens with zero attached hydrogens (tertiary/aromatic N) is 1. The molecule has 0 aliphatic carbocycles. The van der Waals surface area contributed by atoms with Crippen LogP contribution in [-0.2, 0) is 17.8 Å². The standard InChI is InChI=1S/C19H18FN3O/c20-18-8-6-15(7-9-18)10-11-22-14-17(12-21)19(24)23-13-16-4-2-1-3-5-16/h1-9,14,22H,10-11,13H2,(H,23,24)/b17-14-. The minimum Gasteiger partial charge on any atom is -0.389 e. The molecule has 0 bridgehead atoms. The van der Waals surface area contributed by atoms with Crippen LogP contribution in [-0.4, -0.2) is 12.5 Å². The van der Waals surface area contributed by atoms with Crippen LogP contribution in [0.15, 0.2) is 66.4 Å². The van der Waals surface area contributed by atoms with Crippen LogP contribution in [0.1, 0.15) is 11.1 Å². The van der Waals surface area contributed by atoms with E-state index in [4.69, 9.17) is 5.26 Å². The van der Waals surface area contributed by atoms with Gasteiger partial charge in [0.2, 0.25) is 0 Å². The SMILES string of the molecule is N#C/C(=C/NCCc1ccc(F)cc1)C(=O)NCc1ccccc1. The van der Waals surface area contributed by atoms with Gasteiger partial charge in [-0.05, 0) is 29.7 Å². The van der Waals surface area contributed by atoms with Crippen molar-refractivity contribution in [2.24, 2.45) is 0 Å². The van der Waals surface area contributed by atoms with E-state index in [-0.39, 0.29) is 11.4 Å². The van der Waals surface area contributed by atoms with Gasteiger partial charge in [-0.3, -0.25) is 4.79 Å². The van der Waals surface area contributed by atoms with Crippen LogP contribution >= 0.6 is 0 Å². The van der Waals surface area contributed by atoms with Gasteiger partial charge in [-0.1, -0.05) is 42.5 Å². The Morgan fingerprint density at radius 3 is 2.46 bits per heavy atom. The van der Waals surface area contributed by atoms with E-state index in [2.05, 4.69) is 10.6 Å². The number of carbonyl (C=O) groups excluding carboxylic acids is 1. The Labute approximate surface area is 140 Å². The van der Waals surface area contributed by atoms with E-state index in [9.17, 15) is 9.18 Å². The van der Waals surface area contributed by atoms with Crippen molar-refractivity contribution in [3.8, 4) is 6.07 Å². The second-order valence-corrected chi connectivity index (χ2v) is 5.17. The van der Waals surface area contributed by atoms with Crippen LogP contribution in [0.25, 0.3) is 0 Å². The smallest absolute Gasteiger partial charge is 0.263 e. The molecule has 4 nitrogen and oxygen atoms in total. The summed E-state index contributed by atoms with van der Waals surface area (Å²) < 4.78 is 12.8. The molecule has 0 aliphatic heterocycles. The fourth-order valence-corrected chi connectivity index (χ4v) is 2.06. The Kier molecular flexibility index (Phi) is 6.54.